The number of amides is 1. The van der Waals surface area contributed by atoms with Gasteiger partial charge in [0, 0.05) is 5.69 Å². The number of hydrogen-bond acceptors (Lipinski definition) is 4. The largest absolute Gasteiger partial charge is 0.486 e. The van der Waals surface area contributed by atoms with Crippen LogP contribution in [0.15, 0.2) is 48.5 Å². The third-order valence-electron chi connectivity index (χ3n) is 3.40. The summed E-state index contributed by atoms with van der Waals surface area (Å²) in [6.07, 6.45) is 0. The van der Waals surface area contributed by atoms with Crippen molar-refractivity contribution in [3.8, 4) is 11.8 Å². The van der Waals surface area contributed by atoms with Crippen molar-refractivity contribution in [2.75, 3.05) is 11.9 Å². The summed E-state index contributed by atoms with van der Waals surface area (Å²) in [6, 6.07) is 16.1. The fourth-order valence-electron chi connectivity index (χ4n) is 2.09. The van der Waals surface area contributed by atoms with Crippen molar-refractivity contribution < 1.29 is 14.3 Å². The van der Waals surface area contributed by atoms with E-state index in [1.165, 1.54) is 0 Å². The van der Waals surface area contributed by atoms with Crippen molar-refractivity contribution in [3.63, 3.8) is 0 Å². The lowest BCUT2D eigenvalue weighted by molar-refractivity contribution is -0.130. The van der Waals surface area contributed by atoms with Gasteiger partial charge >= 0.3 is 0 Å². The number of rotatable bonds is 6. The summed E-state index contributed by atoms with van der Waals surface area (Å²) in [6.45, 7) is 3.50. The highest BCUT2D eigenvalue weighted by Crippen LogP contribution is 2.14. The van der Waals surface area contributed by atoms with Crippen molar-refractivity contribution >= 4 is 17.4 Å². The molecule has 0 fully saturated rings. The first-order chi connectivity index (χ1) is 11.5. The zero-order valence-electron chi connectivity index (χ0n) is 13.6. The lowest BCUT2D eigenvalue weighted by atomic mass is 10.1. The topological polar surface area (TPSA) is 79.2 Å². The number of aryl methyl sites for hydroxylation is 2. The number of nitrogens with one attached hydrogen (secondary N) is 1. The van der Waals surface area contributed by atoms with E-state index in [9.17, 15) is 9.59 Å². The van der Waals surface area contributed by atoms with Crippen LogP contribution in [-0.4, -0.2) is 18.3 Å². The first kappa shape index (κ1) is 17.2. The van der Waals surface area contributed by atoms with Gasteiger partial charge in [-0.05, 0) is 43.7 Å². The molecule has 0 aliphatic rings. The number of anilines is 1. The molecule has 2 rings (SSSR count). The lowest BCUT2D eigenvalue weighted by Gasteiger charge is -2.11. The average Bonchev–Trinajstić information content (AvgIpc) is 2.55. The van der Waals surface area contributed by atoms with E-state index in [0.717, 1.165) is 11.1 Å². The highest BCUT2D eigenvalue weighted by atomic mass is 16.5. The van der Waals surface area contributed by atoms with Gasteiger partial charge < -0.3 is 10.1 Å². The maximum atomic E-state index is 12.1. The molecule has 5 nitrogen and oxygen atoms in total. The van der Waals surface area contributed by atoms with Crippen molar-refractivity contribution in [2.45, 2.75) is 13.8 Å². The number of carbonyl (C=O) groups is 2. The molecule has 0 saturated carbocycles. The summed E-state index contributed by atoms with van der Waals surface area (Å²) >= 11 is 0. The number of ketones is 1. The Hall–Kier alpha value is -3.13. The summed E-state index contributed by atoms with van der Waals surface area (Å²) < 4.78 is 5.34. The van der Waals surface area contributed by atoms with E-state index in [-0.39, 0.29) is 6.61 Å². The molecule has 0 spiro atoms. The molecule has 0 bridgehead atoms. The molecule has 0 aromatic heterocycles. The predicted octanol–water partition coefficient (Wildman–Crippen LogP) is 3.03. The Bertz CT molecular complexity index is 776. The summed E-state index contributed by atoms with van der Waals surface area (Å²) in [5.41, 5.74) is 2.59. The zero-order valence-corrected chi connectivity index (χ0v) is 13.6. The second-order valence-electron chi connectivity index (χ2n) is 5.49. The van der Waals surface area contributed by atoms with Crippen molar-refractivity contribution in [3.05, 3.63) is 59.7 Å². The van der Waals surface area contributed by atoms with Gasteiger partial charge in [0.2, 0.25) is 5.91 Å². The molecule has 1 atom stereocenters. The molecule has 0 saturated heterocycles. The Morgan fingerprint density at radius 1 is 1.12 bits per heavy atom. The van der Waals surface area contributed by atoms with E-state index >= 15 is 0 Å². The summed E-state index contributed by atoms with van der Waals surface area (Å²) in [7, 11) is 0. The van der Waals surface area contributed by atoms with Crippen LogP contribution in [0.25, 0.3) is 0 Å². The lowest BCUT2D eigenvalue weighted by Crippen LogP contribution is -2.31. The zero-order chi connectivity index (χ0) is 17.5. The number of Topliss-reactive ketones (excluding diaryl/α,β-unsaturated/α-hetero) is 1. The van der Waals surface area contributed by atoms with Gasteiger partial charge in [0.25, 0.3) is 0 Å². The van der Waals surface area contributed by atoms with Crippen LogP contribution in [0.3, 0.4) is 0 Å². The van der Waals surface area contributed by atoms with E-state index in [2.05, 4.69) is 5.32 Å². The maximum absolute atomic E-state index is 12.1. The molecule has 0 unspecified atom stereocenters. The minimum Gasteiger partial charge on any atom is -0.486 e. The van der Waals surface area contributed by atoms with Gasteiger partial charge in [-0.25, -0.2) is 0 Å². The molecular formula is C19H18N2O3. The molecular weight excluding hydrogens is 304 g/mol. The molecule has 2 aromatic carbocycles. The normalized spacial score (nSPS) is 11.2. The molecule has 24 heavy (non-hydrogen) atoms. The third-order valence-corrected chi connectivity index (χ3v) is 3.40. The summed E-state index contributed by atoms with van der Waals surface area (Å²) in [5, 5.41) is 11.7. The number of nitrogens with zero attached hydrogens (tertiary/aromatic N) is 1. The van der Waals surface area contributed by atoms with Crippen LogP contribution < -0.4 is 10.1 Å². The molecule has 0 aliphatic heterocycles. The predicted molar refractivity (Wildman–Crippen MR) is 90.6 cm³/mol. The van der Waals surface area contributed by atoms with E-state index < -0.39 is 17.6 Å². The summed E-state index contributed by atoms with van der Waals surface area (Å²) in [4.78, 5) is 24.2. The minimum absolute atomic E-state index is 0.331. The van der Waals surface area contributed by atoms with Crippen molar-refractivity contribution in [1.82, 2.24) is 0 Å². The molecule has 1 amide bonds. The van der Waals surface area contributed by atoms with Gasteiger partial charge in [-0.3, -0.25) is 9.59 Å². The number of hydrogen-bond donors (Lipinski definition) is 1. The SMILES string of the molecule is Cc1ccc(OCC(=O)[C@@H](C#N)C(=O)Nc2cccc(C)c2)cc1. The van der Waals surface area contributed by atoms with Crippen LogP contribution in [-0.2, 0) is 9.59 Å². The van der Waals surface area contributed by atoms with Crippen LogP contribution in [0.1, 0.15) is 11.1 Å². The van der Waals surface area contributed by atoms with Crippen LogP contribution in [0.2, 0.25) is 0 Å². The van der Waals surface area contributed by atoms with E-state index in [4.69, 9.17) is 10.00 Å². The van der Waals surface area contributed by atoms with Gasteiger partial charge in [0.15, 0.2) is 11.7 Å². The highest BCUT2D eigenvalue weighted by molar-refractivity contribution is 6.09. The van der Waals surface area contributed by atoms with Crippen LogP contribution in [0.5, 0.6) is 5.75 Å². The van der Waals surface area contributed by atoms with Crippen LogP contribution in [0.4, 0.5) is 5.69 Å². The number of ether oxygens (including phenoxy) is 1. The smallest absolute Gasteiger partial charge is 0.249 e. The second kappa shape index (κ2) is 7.93. The van der Waals surface area contributed by atoms with Gasteiger partial charge in [0.1, 0.15) is 12.4 Å². The van der Waals surface area contributed by atoms with E-state index in [1.807, 2.05) is 32.0 Å². The van der Waals surface area contributed by atoms with Crippen molar-refractivity contribution in [2.24, 2.45) is 5.92 Å². The number of carbonyl (C=O) groups excluding carboxylic acids is 2. The summed E-state index contributed by atoms with van der Waals surface area (Å²) in [5.74, 6) is -2.12. The highest BCUT2D eigenvalue weighted by Gasteiger charge is 2.26. The first-order valence-corrected chi connectivity index (χ1v) is 7.49. The Morgan fingerprint density at radius 2 is 1.83 bits per heavy atom. The third kappa shape index (κ3) is 4.68. The first-order valence-electron chi connectivity index (χ1n) is 7.49. The Labute approximate surface area is 140 Å². The molecule has 1 N–H and O–H groups in total. The van der Waals surface area contributed by atoms with Crippen LogP contribution in [0, 0.1) is 31.1 Å². The number of nitriles is 1. The Kier molecular flexibility index (Phi) is 5.69. The standard InChI is InChI=1S/C19H18N2O3/c1-13-6-8-16(9-7-13)24-12-18(22)17(11-20)19(23)21-15-5-3-4-14(2)10-15/h3-10,17H,12H2,1-2H3,(H,21,23)/t17-/m1/s1. The van der Waals surface area contributed by atoms with Gasteiger partial charge in [-0.1, -0.05) is 29.8 Å². The second-order valence-corrected chi connectivity index (χ2v) is 5.49. The van der Waals surface area contributed by atoms with E-state index in [1.54, 1.807) is 36.4 Å². The molecule has 2 aromatic rings. The Morgan fingerprint density at radius 3 is 2.46 bits per heavy atom. The molecule has 122 valence electrons. The number of benzene rings is 2. The molecule has 0 radical (unpaired) electrons. The molecule has 0 aliphatic carbocycles. The monoisotopic (exact) mass is 322 g/mol. The fourth-order valence-corrected chi connectivity index (χ4v) is 2.09. The maximum Gasteiger partial charge on any atom is 0.249 e. The molecule has 5 heteroatoms. The fraction of sp³-hybridized carbons (Fsp3) is 0.211. The quantitative estimate of drug-likeness (QED) is 0.829. The van der Waals surface area contributed by atoms with Gasteiger partial charge in [-0.2, -0.15) is 5.26 Å². The Balaban J connectivity index is 1.96. The van der Waals surface area contributed by atoms with Gasteiger partial charge in [0.05, 0.1) is 6.07 Å². The minimum atomic E-state index is -1.41. The average molecular weight is 322 g/mol. The van der Waals surface area contributed by atoms with E-state index in [0.29, 0.717) is 11.4 Å². The van der Waals surface area contributed by atoms with Gasteiger partial charge in [-0.15, -0.1) is 0 Å². The molecule has 0 heterocycles. The van der Waals surface area contributed by atoms with Crippen LogP contribution >= 0.6 is 0 Å². The van der Waals surface area contributed by atoms with Crippen molar-refractivity contribution in [1.29, 1.82) is 5.26 Å².